The van der Waals surface area contributed by atoms with Crippen molar-refractivity contribution in [1.82, 2.24) is 4.90 Å². The summed E-state index contributed by atoms with van der Waals surface area (Å²) in [6.45, 7) is 1.29. The molecule has 0 bridgehead atoms. The number of hydrogen-bond donors (Lipinski definition) is 0. The van der Waals surface area contributed by atoms with Crippen LogP contribution in [-0.2, 0) is 6.54 Å². The summed E-state index contributed by atoms with van der Waals surface area (Å²) < 4.78 is 38.1. The minimum Gasteiger partial charge on any atom is -0.298 e. The first-order valence-electron chi connectivity index (χ1n) is 6.27. The second-order valence-electron chi connectivity index (χ2n) is 4.92. The van der Waals surface area contributed by atoms with Crippen molar-refractivity contribution in [3.63, 3.8) is 0 Å². The van der Waals surface area contributed by atoms with Gasteiger partial charge in [0.05, 0.1) is 17.6 Å². The van der Waals surface area contributed by atoms with E-state index in [4.69, 9.17) is 5.26 Å². The summed E-state index contributed by atoms with van der Waals surface area (Å²) in [6, 6.07) is 9.02. The Labute approximate surface area is 110 Å². The Morgan fingerprint density at radius 2 is 1.95 bits per heavy atom. The third-order valence-electron chi connectivity index (χ3n) is 3.46. The topological polar surface area (TPSA) is 27.0 Å². The van der Waals surface area contributed by atoms with E-state index < -0.39 is 12.1 Å². The fourth-order valence-electron chi connectivity index (χ4n) is 2.41. The number of likely N-dealkylation sites (tertiary alicyclic amines) is 1. The molecule has 1 aliphatic rings. The van der Waals surface area contributed by atoms with E-state index in [1.54, 1.807) is 24.3 Å². The number of hydrogen-bond acceptors (Lipinski definition) is 2. The SMILES string of the molecule is N#Cc1ccc(CN2CCC[C@H](C(F)(F)F)C2)cc1. The Bertz CT molecular complexity index is 459. The van der Waals surface area contributed by atoms with Crippen LogP contribution in [0.2, 0.25) is 0 Å². The van der Waals surface area contributed by atoms with Gasteiger partial charge in [-0.15, -0.1) is 0 Å². The van der Waals surface area contributed by atoms with Crippen molar-refractivity contribution < 1.29 is 13.2 Å². The van der Waals surface area contributed by atoms with E-state index >= 15 is 0 Å². The van der Waals surface area contributed by atoms with E-state index in [0.29, 0.717) is 25.1 Å². The average Bonchev–Trinajstić information content (AvgIpc) is 2.39. The Hall–Kier alpha value is -1.54. The molecule has 1 aromatic carbocycles. The predicted octanol–water partition coefficient (Wildman–Crippen LogP) is 3.33. The number of piperidine rings is 1. The second kappa shape index (κ2) is 5.62. The van der Waals surface area contributed by atoms with Crippen LogP contribution in [0.4, 0.5) is 13.2 Å². The molecule has 5 heteroatoms. The summed E-state index contributed by atoms with van der Waals surface area (Å²) >= 11 is 0. The van der Waals surface area contributed by atoms with Crippen LogP contribution in [-0.4, -0.2) is 24.2 Å². The van der Waals surface area contributed by atoms with Crippen LogP contribution in [0.5, 0.6) is 0 Å². The zero-order valence-corrected chi connectivity index (χ0v) is 10.5. The highest BCUT2D eigenvalue weighted by Crippen LogP contribution is 2.33. The minimum absolute atomic E-state index is 0.0729. The summed E-state index contributed by atoms with van der Waals surface area (Å²) in [6.07, 6.45) is -3.28. The Morgan fingerprint density at radius 1 is 1.26 bits per heavy atom. The number of nitrogens with zero attached hydrogens (tertiary/aromatic N) is 2. The molecule has 0 unspecified atom stereocenters. The molecular weight excluding hydrogens is 253 g/mol. The van der Waals surface area contributed by atoms with Gasteiger partial charge in [0.25, 0.3) is 0 Å². The van der Waals surface area contributed by atoms with E-state index in [-0.39, 0.29) is 13.0 Å². The molecule has 0 aromatic heterocycles. The fraction of sp³-hybridized carbons (Fsp3) is 0.500. The van der Waals surface area contributed by atoms with E-state index in [1.807, 2.05) is 11.0 Å². The molecule has 1 aromatic rings. The zero-order chi connectivity index (χ0) is 13.9. The monoisotopic (exact) mass is 268 g/mol. The molecule has 0 aliphatic carbocycles. The highest BCUT2D eigenvalue weighted by Gasteiger charge is 2.41. The quantitative estimate of drug-likeness (QED) is 0.822. The summed E-state index contributed by atoms with van der Waals surface area (Å²) in [5.41, 5.74) is 1.51. The first kappa shape index (κ1) is 13.9. The van der Waals surface area contributed by atoms with Crippen molar-refractivity contribution in [2.75, 3.05) is 13.1 Å². The van der Waals surface area contributed by atoms with E-state index in [1.165, 1.54) is 0 Å². The van der Waals surface area contributed by atoms with Crippen molar-refractivity contribution in [2.45, 2.75) is 25.6 Å². The molecule has 0 saturated carbocycles. The number of rotatable bonds is 2. The van der Waals surface area contributed by atoms with Crippen LogP contribution in [0, 0.1) is 17.2 Å². The summed E-state index contributed by atoms with van der Waals surface area (Å²) in [5, 5.41) is 8.69. The van der Waals surface area contributed by atoms with Gasteiger partial charge in [0.1, 0.15) is 0 Å². The zero-order valence-electron chi connectivity index (χ0n) is 10.5. The van der Waals surface area contributed by atoms with Gasteiger partial charge >= 0.3 is 6.18 Å². The normalized spacial score (nSPS) is 21.1. The maximum Gasteiger partial charge on any atom is 0.393 e. The van der Waals surface area contributed by atoms with Crippen molar-refractivity contribution in [1.29, 1.82) is 5.26 Å². The van der Waals surface area contributed by atoms with Crippen LogP contribution >= 0.6 is 0 Å². The third-order valence-corrected chi connectivity index (χ3v) is 3.46. The lowest BCUT2D eigenvalue weighted by atomic mass is 9.97. The first-order chi connectivity index (χ1) is 8.99. The Kier molecular flexibility index (Phi) is 4.11. The molecule has 0 N–H and O–H groups in total. The number of nitriles is 1. The predicted molar refractivity (Wildman–Crippen MR) is 65.2 cm³/mol. The van der Waals surface area contributed by atoms with Gasteiger partial charge in [-0.25, -0.2) is 0 Å². The molecule has 1 heterocycles. The summed E-state index contributed by atoms with van der Waals surface area (Å²) in [5.74, 6) is -1.21. The molecule has 0 spiro atoms. The van der Waals surface area contributed by atoms with Gasteiger partial charge in [-0.3, -0.25) is 4.90 Å². The van der Waals surface area contributed by atoms with E-state index in [0.717, 1.165) is 5.56 Å². The highest BCUT2D eigenvalue weighted by atomic mass is 19.4. The molecule has 2 nitrogen and oxygen atoms in total. The van der Waals surface area contributed by atoms with Crippen molar-refractivity contribution in [2.24, 2.45) is 5.92 Å². The van der Waals surface area contributed by atoms with Crippen LogP contribution in [0.15, 0.2) is 24.3 Å². The van der Waals surface area contributed by atoms with Gasteiger partial charge in [-0.1, -0.05) is 12.1 Å². The largest absolute Gasteiger partial charge is 0.393 e. The number of alkyl halides is 3. The van der Waals surface area contributed by atoms with Crippen LogP contribution in [0.1, 0.15) is 24.0 Å². The Morgan fingerprint density at radius 3 is 2.53 bits per heavy atom. The lowest BCUT2D eigenvalue weighted by Gasteiger charge is -2.33. The standard InChI is InChI=1S/C14H15F3N2/c15-14(16,17)13-2-1-7-19(10-13)9-12-5-3-11(8-18)4-6-12/h3-6,13H,1-2,7,9-10H2/t13-/m0/s1. The van der Waals surface area contributed by atoms with Crippen LogP contribution in [0.25, 0.3) is 0 Å². The molecule has 0 amide bonds. The molecule has 1 aliphatic heterocycles. The molecule has 0 radical (unpaired) electrons. The first-order valence-corrected chi connectivity index (χ1v) is 6.27. The summed E-state index contributed by atoms with van der Waals surface area (Å²) in [4.78, 5) is 1.84. The van der Waals surface area contributed by atoms with Gasteiger partial charge in [0, 0.05) is 13.1 Å². The lowest BCUT2D eigenvalue weighted by molar-refractivity contribution is -0.187. The molecule has 19 heavy (non-hydrogen) atoms. The molecule has 1 atom stereocenters. The number of benzene rings is 1. The number of halogens is 3. The molecule has 2 rings (SSSR count). The van der Waals surface area contributed by atoms with E-state index in [2.05, 4.69) is 0 Å². The van der Waals surface area contributed by atoms with Crippen LogP contribution < -0.4 is 0 Å². The molecule has 102 valence electrons. The van der Waals surface area contributed by atoms with Crippen molar-refractivity contribution in [3.05, 3.63) is 35.4 Å². The van der Waals surface area contributed by atoms with E-state index in [9.17, 15) is 13.2 Å². The average molecular weight is 268 g/mol. The molecular formula is C14H15F3N2. The molecule has 1 saturated heterocycles. The smallest absolute Gasteiger partial charge is 0.298 e. The van der Waals surface area contributed by atoms with Crippen LogP contribution in [0.3, 0.4) is 0 Å². The van der Waals surface area contributed by atoms with Gasteiger partial charge in [0.2, 0.25) is 0 Å². The fourth-order valence-corrected chi connectivity index (χ4v) is 2.41. The minimum atomic E-state index is -4.09. The van der Waals surface area contributed by atoms with Crippen molar-refractivity contribution in [3.8, 4) is 6.07 Å². The van der Waals surface area contributed by atoms with Gasteiger partial charge in [-0.2, -0.15) is 18.4 Å². The second-order valence-corrected chi connectivity index (χ2v) is 4.92. The lowest BCUT2D eigenvalue weighted by Crippen LogP contribution is -2.41. The summed E-state index contributed by atoms with van der Waals surface area (Å²) in [7, 11) is 0. The molecule has 1 fully saturated rings. The highest BCUT2D eigenvalue weighted by molar-refractivity contribution is 5.31. The van der Waals surface area contributed by atoms with Crippen molar-refractivity contribution >= 4 is 0 Å². The maximum atomic E-state index is 12.7. The third kappa shape index (κ3) is 3.71. The maximum absolute atomic E-state index is 12.7. The Balaban J connectivity index is 1.97. The van der Waals surface area contributed by atoms with Gasteiger partial charge in [-0.05, 0) is 37.1 Å². The van der Waals surface area contributed by atoms with Gasteiger partial charge < -0.3 is 0 Å². The van der Waals surface area contributed by atoms with Gasteiger partial charge in [0.15, 0.2) is 0 Å².